The fraction of sp³-hybridized carbons (Fsp3) is 0.250. The molecule has 1 aliphatic rings. The first-order chi connectivity index (χ1) is 7.81. The molecule has 0 spiro atoms. The Kier molecular flexibility index (Phi) is 2.06. The molecule has 4 N–H and O–H groups in total. The van der Waals surface area contributed by atoms with Crippen LogP contribution in [0.3, 0.4) is 0 Å². The Bertz CT molecular complexity index is 533. The molecule has 4 nitrogen and oxygen atoms in total. The number of nitrogens with one attached hydrogen (secondary N) is 2. The van der Waals surface area contributed by atoms with Gasteiger partial charge in [-0.3, -0.25) is 0 Å². The summed E-state index contributed by atoms with van der Waals surface area (Å²) in [4.78, 5) is 7.70. The second kappa shape index (κ2) is 3.56. The van der Waals surface area contributed by atoms with E-state index in [2.05, 4.69) is 27.4 Å². The third kappa shape index (κ3) is 1.62. The van der Waals surface area contributed by atoms with Gasteiger partial charge < -0.3 is 16.0 Å². The molecule has 82 valence electrons. The fourth-order valence-electron chi connectivity index (χ4n) is 2.02. The molecule has 1 aliphatic carbocycles. The number of anilines is 2. The molecule has 16 heavy (non-hydrogen) atoms. The number of hydrogen-bond acceptors (Lipinski definition) is 3. The van der Waals surface area contributed by atoms with Crippen LogP contribution in [0.1, 0.15) is 12.8 Å². The molecule has 0 atom stereocenters. The first-order valence-corrected chi connectivity index (χ1v) is 5.48. The molecular weight excluding hydrogens is 200 g/mol. The van der Waals surface area contributed by atoms with Crippen LogP contribution in [0, 0.1) is 0 Å². The van der Waals surface area contributed by atoms with Gasteiger partial charge in [-0.25, -0.2) is 4.98 Å². The largest absolute Gasteiger partial charge is 0.399 e. The van der Waals surface area contributed by atoms with Crippen LogP contribution in [0.5, 0.6) is 0 Å². The third-order valence-corrected chi connectivity index (χ3v) is 2.85. The minimum atomic E-state index is 0.470. The second-order valence-electron chi connectivity index (χ2n) is 4.15. The highest BCUT2D eigenvalue weighted by Gasteiger charge is 2.11. The Morgan fingerprint density at radius 2 is 2.12 bits per heavy atom. The van der Waals surface area contributed by atoms with E-state index in [1.54, 1.807) is 0 Å². The molecule has 1 aromatic carbocycles. The van der Waals surface area contributed by atoms with Gasteiger partial charge >= 0.3 is 0 Å². The van der Waals surface area contributed by atoms with Gasteiger partial charge in [0.1, 0.15) is 0 Å². The van der Waals surface area contributed by atoms with Gasteiger partial charge in [0.25, 0.3) is 0 Å². The summed E-state index contributed by atoms with van der Waals surface area (Å²) in [5.74, 6) is 0.828. The van der Waals surface area contributed by atoms with Crippen molar-refractivity contribution in [3.63, 3.8) is 0 Å². The van der Waals surface area contributed by atoms with E-state index in [1.807, 2.05) is 18.2 Å². The lowest BCUT2D eigenvalue weighted by molar-refractivity contribution is 0.777. The van der Waals surface area contributed by atoms with Crippen LogP contribution in [-0.2, 0) is 0 Å². The molecule has 0 bridgehead atoms. The zero-order valence-electron chi connectivity index (χ0n) is 8.90. The molecule has 1 aromatic heterocycles. The van der Waals surface area contributed by atoms with Crippen LogP contribution in [0.25, 0.3) is 11.0 Å². The van der Waals surface area contributed by atoms with Crippen LogP contribution in [0.15, 0.2) is 30.4 Å². The fourth-order valence-corrected chi connectivity index (χ4v) is 2.02. The summed E-state index contributed by atoms with van der Waals surface area (Å²) >= 11 is 0. The molecule has 0 radical (unpaired) electrons. The van der Waals surface area contributed by atoms with Crippen molar-refractivity contribution in [2.45, 2.75) is 18.9 Å². The zero-order valence-corrected chi connectivity index (χ0v) is 8.90. The van der Waals surface area contributed by atoms with E-state index in [0.29, 0.717) is 6.04 Å². The number of imidazole rings is 1. The number of H-pyrrole nitrogens is 1. The van der Waals surface area contributed by atoms with Crippen molar-refractivity contribution in [3.8, 4) is 0 Å². The standard InChI is InChI=1S/C12H14N4/c13-8-5-6-10-11(7-8)16-12(15-10)14-9-3-1-2-4-9/h1-2,5-7,9H,3-4,13H2,(H2,14,15,16). The molecule has 0 aliphatic heterocycles. The molecule has 0 saturated heterocycles. The maximum absolute atomic E-state index is 5.72. The highest BCUT2D eigenvalue weighted by atomic mass is 15.1. The van der Waals surface area contributed by atoms with Gasteiger partial charge in [0.05, 0.1) is 11.0 Å². The van der Waals surface area contributed by atoms with E-state index >= 15 is 0 Å². The minimum Gasteiger partial charge on any atom is -0.399 e. The average Bonchev–Trinajstić information content (AvgIpc) is 2.86. The van der Waals surface area contributed by atoms with Crippen molar-refractivity contribution in [1.82, 2.24) is 9.97 Å². The third-order valence-electron chi connectivity index (χ3n) is 2.85. The van der Waals surface area contributed by atoms with Gasteiger partial charge in [0.15, 0.2) is 0 Å². The molecule has 0 amide bonds. The number of nitrogens with zero attached hydrogens (tertiary/aromatic N) is 1. The van der Waals surface area contributed by atoms with E-state index in [-0.39, 0.29) is 0 Å². The molecule has 0 fully saturated rings. The van der Waals surface area contributed by atoms with Crippen molar-refractivity contribution < 1.29 is 0 Å². The maximum Gasteiger partial charge on any atom is 0.201 e. The number of nitrogens with two attached hydrogens (primary N) is 1. The number of hydrogen-bond donors (Lipinski definition) is 3. The molecule has 1 heterocycles. The van der Waals surface area contributed by atoms with Crippen LogP contribution in [0.2, 0.25) is 0 Å². The van der Waals surface area contributed by atoms with Gasteiger partial charge in [-0.1, -0.05) is 12.2 Å². The quantitative estimate of drug-likeness (QED) is 0.530. The SMILES string of the molecule is Nc1ccc2nc(NC3CC=CC3)[nH]c2c1. The Morgan fingerprint density at radius 1 is 1.31 bits per heavy atom. The minimum absolute atomic E-state index is 0.470. The monoisotopic (exact) mass is 214 g/mol. The van der Waals surface area contributed by atoms with Crippen molar-refractivity contribution >= 4 is 22.7 Å². The summed E-state index contributed by atoms with van der Waals surface area (Å²) in [6.07, 6.45) is 6.52. The topological polar surface area (TPSA) is 66.7 Å². The maximum atomic E-state index is 5.72. The van der Waals surface area contributed by atoms with Crippen LogP contribution in [-0.4, -0.2) is 16.0 Å². The highest BCUT2D eigenvalue weighted by Crippen LogP contribution is 2.19. The first kappa shape index (κ1) is 9.27. The number of benzene rings is 1. The Labute approximate surface area is 93.6 Å². The predicted octanol–water partition coefficient (Wildman–Crippen LogP) is 2.28. The number of aromatic nitrogens is 2. The van der Waals surface area contributed by atoms with E-state index in [4.69, 9.17) is 5.73 Å². The van der Waals surface area contributed by atoms with Gasteiger partial charge in [-0.15, -0.1) is 0 Å². The summed E-state index contributed by atoms with van der Waals surface area (Å²) in [6.45, 7) is 0. The van der Waals surface area contributed by atoms with Crippen molar-refractivity contribution in [3.05, 3.63) is 30.4 Å². The lowest BCUT2D eigenvalue weighted by atomic mass is 10.2. The van der Waals surface area contributed by atoms with Gasteiger partial charge in [0.2, 0.25) is 5.95 Å². The summed E-state index contributed by atoms with van der Waals surface area (Å²) in [7, 11) is 0. The predicted molar refractivity (Wildman–Crippen MR) is 66.3 cm³/mol. The summed E-state index contributed by atoms with van der Waals surface area (Å²) in [5, 5.41) is 3.38. The van der Waals surface area contributed by atoms with Gasteiger partial charge in [0, 0.05) is 11.7 Å². The Balaban J connectivity index is 1.87. The van der Waals surface area contributed by atoms with Crippen LogP contribution < -0.4 is 11.1 Å². The van der Waals surface area contributed by atoms with Gasteiger partial charge in [-0.05, 0) is 31.0 Å². The van der Waals surface area contributed by atoms with E-state index in [1.165, 1.54) is 0 Å². The lowest BCUT2D eigenvalue weighted by Crippen LogP contribution is -2.15. The second-order valence-corrected chi connectivity index (χ2v) is 4.15. The average molecular weight is 214 g/mol. The summed E-state index contributed by atoms with van der Waals surface area (Å²) < 4.78 is 0. The van der Waals surface area contributed by atoms with Crippen LogP contribution in [0.4, 0.5) is 11.6 Å². The van der Waals surface area contributed by atoms with E-state index in [9.17, 15) is 0 Å². The number of nitrogen functional groups attached to an aromatic ring is 1. The van der Waals surface area contributed by atoms with E-state index < -0.39 is 0 Å². The molecule has 0 unspecified atom stereocenters. The van der Waals surface area contributed by atoms with Crippen molar-refractivity contribution in [1.29, 1.82) is 0 Å². The van der Waals surface area contributed by atoms with Crippen LogP contribution >= 0.6 is 0 Å². The zero-order chi connectivity index (χ0) is 11.0. The number of rotatable bonds is 2. The lowest BCUT2D eigenvalue weighted by Gasteiger charge is -2.09. The Morgan fingerprint density at radius 3 is 2.94 bits per heavy atom. The highest BCUT2D eigenvalue weighted by molar-refractivity contribution is 5.80. The molecular formula is C12H14N4. The van der Waals surface area contributed by atoms with Crippen molar-refractivity contribution in [2.24, 2.45) is 0 Å². The Hall–Kier alpha value is -1.97. The molecule has 4 heteroatoms. The van der Waals surface area contributed by atoms with Crippen molar-refractivity contribution in [2.75, 3.05) is 11.1 Å². The normalized spacial score (nSPS) is 16.0. The van der Waals surface area contributed by atoms with E-state index in [0.717, 1.165) is 35.5 Å². The van der Waals surface area contributed by atoms with Gasteiger partial charge in [-0.2, -0.15) is 0 Å². The summed E-state index contributed by atoms with van der Waals surface area (Å²) in [5.41, 5.74) is 8.40. The molecule has 2 aromatic rings. The molecule has 0 saturated carbocycles. The molecule has 3 rings (SSSR count). The number of fused-ring (bicyclic) bond motifs is 1. The smallest absolute Gasteiger partial charge is 0.201 e. The summed E-state index contributed by atoms with van der Waals surface area (Å²) in [6, 6.07) is 6.17. The first-order valence-electron chi connectivity index (χ1n) is 5.48. The number of aromatic amines is 1.